The number of anilines is 1. The van der Waals surface area contributed by atoms with Crippen LogP contribution in [0.3, 0.4) is 0 Å². The van der Waals surface area contributed by atoms with Gasteiger partial charge in [0.1, 0.15) is 12.1 Å². The van der Waals surface area contributed by atoms with Gasteiger partial charge in [0, 0.05) is 9.50 Å². The molecule has 26 heavy (non-hydrogen) atoms. The molecule has 0 saturated carbocycles. The average molecular weight is 456 g/mol. The maximum Gasteiger partial charge on any atom is 0.264 e. The molecule has 0 radical (unpaired) electrons. The molecular formula is C17H13BrCl2N4O2. The second-order valence-electron chi connectivity index (χ2n) is 5.30. The van der Waals surface area contributed by atoms with E-state index in [1.165, 1.54) is 0 Å². The SMILES string of the molecule is O=C(COc1ccc(Cl)cc1Cl)Nc1ncn(Cc2ccc(Br)cc2)n1. The molecule has 1 N–H and O–H groups in total. The van der Waals surface area contributed by atoms with Gasteiger partial charge < -0.3 is 4.74 Å². The number of ether oxygens (including phenoxy) is 1. The topological polar surface area (TPSA) is 69.0 Å². The normalized spacial score (nSPS) is 10.6. The highest BCUT2D eigenvalue weighted by atomic mass is 79.9. The minimum Gasteiger partial charge on any atom is -0.482 e. The van der Waals surface area contributed by atoms with E-state index in [4.69, 9.17) is 27.9 Å². The van der Waals surface area contributed by atoms with Crippen molar-refractivity contribution in [2.75, 3.05) is 11.9 Å². The summed E-state index contributed by atoms with van der Waals surface area (Å²) in [5.41, 5.74) is 1.07. The summed E-state index contributed by atoms with van der Waals surface area (Å²) in [7, 11) is 0. The first-order valence-corrected chi connectivity index (χ1v) is 9.06. The number of hydrogen-bond acceptors (Lipinski definition) is 4. The molecule has 0 bridgehead atoms. The molecule has 3 rings (SSSR count). The number of benzene rings is 2. The summed E-state index contributed by atoms with van der Waals surface area (Å²) < 4.78 is 8.01. The molecule has 0 unspecified atom stereocenters. The van der Waals surface area contributed by atoms with Crippen LogP contribution in [0.5, 0.6) is 5.75 Å². The van der Waals surface area contributed by atoms with Crippen LogP contribution in [0.4, 0.5) is 5.95 Å². The van der Waals surface area contributed by atoms with Gasteiger partial charge in [0.15, 0.2) is 6.61 Å². The summed E-state index contributed by atoms with van der Waals surface area (Å²) in [4.78, 5) is 16.0. The van der Waals surface area contributed by atoms with E-state index in [0.717, 1.165) is 10.0 Å². The Kier molecular flexibility index (Phi) is 6.13. The molecule has 6 nitrogen and oxygen atoms in total. The minimum atomic E-state index is -0.391. The lowest BCUT2D eigenvalue weighted by Crippen LogP contribution is -2.21. The lowest BCUT2D eigenvalue weighted by atomic mass is 10.2. The zero-order chi connectivity index (χ0) is 18.5. The van der Waals surface area contributed by atoms with Crippen molar-refractivity contribution in [2.45, 2.75) is 6.54 Å². The Bertz CT molecular complexity index is 915. The lowest BCUT2D eigenvalue weighted by molar-refractivity contribution is -0.118. The Balaban J connectivity index is 1.53. The molecule has 1 heterocycles. The van der Waals surface area contributed by atoms with E-state index in [2.05, 4.69) is 31.3 Å². The molecule has 1 amide bonds. The van der Waals surface area contributed by atoms with Gasteiger partial charge in [0.2, 0.25) is 5.95 Å². The van der Waals surface area contributed by atoms with E-state index in [1.807, 2.05) is 24.3 Å². The van der Waals surface area contributed by atoms with E-state index >= 15 is 0 Å². The van der Waals surface area contributed by atoms with Crippen molar-refractivity contribution in [2.24, 2.45) is 0 Å². The first kappa shape index (κ1) is 18.7. The molecule has 134 valence electrons. The van der Waals surface area contributed by atoms with Gasteiger partial charge in [-0.3, -0.25) is 10.1 Å². The van der Waals surface area contributed by atoms with Crippen LogP contribution in [0.2, 0.25) is 10.0 Å². The van der Waals surface area contributed by atoms with E-state index in [1.54, 1.807) is 29.2 Å². The van der Waals surface area contributed by atoms with E-state index in [9.17, 15) is 4.79 Å². The van der Waals surface area contributed by atoms with Crippen molar-refractivity contribution in [3.63, 3.8) is 0 Å². The minimum absolute atomic E-state index is 0.206. The van der Waals surface area contributed by atoms with Gasteiger partial charge >= 0.3 is 0 Å². The van der Waals surface area contributed by atoms with Crippen LogP contribution in [0.15, 0.2) is 53.3 Å². The molecule has 1 aromatic heterocycles. The van der Waals surface area contributed by atoms with Gasteiger partial charge in [0.25, 0.3) is 5.91 Å². The van der Waals surface area contributed by atoms with Crippen molar-refractivity contribution >= 4 is 51.0 Å². The summed E-state index contributed by atoms with van der Waals surface area (Å²) in [5, 5.41) is 7.62. The largest absolute Gasteiger partial charge is 0.482 e. The van der Waals surface area contributed by atoms with Crippen molar-refractivity contribution < 1.29 is 9.53 Å². The quantitative estimate of drug-likeness (QED) is 0.597. The fourth-order valence-electron chi connectivity index (χ4n) is 2.10. The Hall–Kier alpha value is -2.09. The molecule has 0 fully saturated rings. The standard InChI is InChI=1S/C17H13BrCl2N4O2/c18-12-3-1-11(2-4-12)8-24-10-21-17(23-24)22-16(25)9-26-15-6-5-13(19)7-14(15)20/h1-7,10H,8-9H2,(H,22,23,25). The summed E-state index contributed by atoms with van der Waals surface area (Å²) in [6.45, 7) is 0.329. The third-order valence-electron chi connectivity index (χ3n) is 3.30. The molecular weight excluding hydrogens is 443 g/mol. The monoisotopic (exact) mass is 454 g/mol. The highest BCUT2D eigenvalue weighted by Gasteiger charge is 2.09. The van der Waals surface area contributed by atoms with Crippen molar-refractivity contribution in [3.8, 4) is 5.75 Å². The Labute approximate surface area is 168 Å². The predicted octanol–water partition coefficient (Wildman–Crippen LogP) is 4.41. The predicted molar refractivity (Wildman–Crippen MR) is 104 cm³/mol. The van der Waals surface area contributed by atoms with Gasteiger partial charge in [-0.15, -0.1) is 5.10 Å². The summed E-state index contributed by atoms with van der Waals surface area (Å²) in [6, 6.07) is 12.6. The van der Waals surface area contributed by atoms with E-state index in [-0.39, 0.29) is 12.6 Å². The molecule has 0 atom stereocenters. The van der Waals surface area contributed by atoms with Crippen LogP contribution in [0.25, 0.3) is 0 Å². The van der Waals surface area contributed by atoms with Crippen LogP contribution < -0.4 is 10.1 Å². The van der Waals surface area contributed by atoms with Gasteiger partial charge in [-0.2, -0.15) is 0 Å². The van der Waals surface area contributed by atoms with Gasteiger partial charge in [-0.25, -0.2) is 9.67 Å². The third kappa shape index (κ3) is 5.20. The second-order valence-corrected chi connectivity index (χ2v) is 7.06. The lowest BCUT2D eigenvalue weighted by Gasteiger charge is -2.07. The Morgan fingerprint density at radius 2 is 1.96 bits per heavy atom. The smallest absolute Gasteiger partial charge is 0.264 e. The van der Waals surface area contributed by atoms with Crippen molar-refractivity contribution in [3.05, 3.63) is 68.9 Å². The zero-order valence-electron chi connectivity index (χ0n) is 13.3. The van der Waals surface area contributed by atoms with Gasteiger partial charge in [0.05, 0.1) is 11.6 Å². The third-order valence-corrected chi connectivity index (χ3v) is 4.36. The molecule has 0 spiro atoms. The fraction of sp³-hybridized carbons (Fsp3) is 0.118. The Morgan fingerprint density at radius 1 is 1.19 bits per heavy atom. The maximum atomic E-state index is 12.0. The number of hydrogen-bond donors (Lipinski definition) is 1. The average Bonchev–Trinajstić information content (AvgIpc) is 3.03. The Morgan fingerprint density at radius 3 is 2.69 bits per heavy atom. The first-order valence-electron chi connectivity index (χ1n) is 7.51. The number of rotatable bonds is 6. The number of amides is 1. The molecule has 9 heteroatoms. The fourth-order valence-corrected chi connectivity index (χ4v) is 2.83. The van der Waals surface area contributed by atoms with Crippen LogP contribution in [-0.4, -0.2) is 27.3 Å². The summed E-state index contributed by atoms with van der Waals surface area (Å²) in [5.74, 6) is 0.190. The molecule has 0 aliphatic rings. The summed E-state index contributed by atoms with van der Waals surface area (Å²) in [6.07, 6.45) is 1.55. The first-order chi connectivity index (χ1) is 12.5. The van der Waals surface area contributed by atoms with Gasteiger partial charge in [-0.05, 0) is 35.9 Å². The van der Waals surface area contributed by atoms with Crippen molar-refractivity contribution in [1.29, 1.82) is 0 Å². The van der Waals surface area contributed by atoms with Crippen LogP contribution >= 0.6 is 39.1 Å². The molecule has 0 aliphatic carbocycles. The van der Waals surface area contributed by atoms with E-state index < -0.39 is 5.91 Å². The highest BCUT2D eigenvalue weighted by molar-refractivity contribution is 9.10. The van der Waals surface area contributed by atoms with Crippen LogP contribution in [0.1, 0.15) is 5.56 Å². The number of carbonyl (C=O) groups is 1. The number of carbonyl (C=O) groups excluding carboxylic acids is 1. The van der Waals surface area contributed by atoms with E-state index in [0.29, 0.717) is 22.3 Å². The summed E-state index contributed by atoms with van der Waals surface area (Å²) >= 11 is 15.2. The van der Waals surface area contributed by atoms with Crippen LogP contribution in [-0.2, 0) is 11.3 Å². The van der Waals surface area contributed by atoms with Crippen LogP contribution in [0, 0.1) is 0 Å². The molecule has 0 saturated heterocycles. The maximum absolute atomic E-state index is 12.0. The zero-order valence-corrected chi connectivity index (χ0v) is 16.4. The number of nitrogens with zero attached hydrogens (tertiary/aromatic N) is 3. The molecule has 3 aromatic rings. The number of halogens is 3. The molecule has 0 aliphatic heterocycles. The number of nitrogens with one attached hydrogen (secondary N) is 1. The highest BCUT2D eigenvalue weighted by Crippen LogP contribution is 2.27. The molecule has 2 aromatic carbocycles. The second kappa shape index (κ2) is 8.53. The van der Waals surface area contributed by atoms with Gasteiger partial charge in [-0.1, -0.05) is 51.3 Å². The number of aromatic nitrogens is 3. The van der Waals surface area contributed by atoms with Crippen molar-refractivity contribution in [1.82, 2.24) is 14.8 Å².